The minimum Gasteiger partial charge on any atom is -0.497 e. The van der Waals surface area contributed by atoms with Crippen LogP contribution in [-0.2, 0) is 6.42 Å². The van der Waals surface area contributed by atoms with Crippen LogP contribution in [0.5, 0.6) is 5.75 Å². The highest BCUT2D eigenvalue weighted by Gasteiger charge is 2.10. The fourth-order valence-electron chi connectivity index (χ4n) is 2.28. The van der Waals surface area contributed by atoms with Crippen LogP contribution in [-0.4, -0.2) is 20.2 Å². The molecule has 112 valence electrons. The fourth-order valence-corrected chi connectivity index (χ4v) is 2.97. The zero-order valence-corrected chi connectivity index (χ0v) is 14.2. The van der Waals surface area contributed by atoms with Crippen LogP contribution >= 0.6 is 15.9 Å². The molecule has 2 rings (SSSR count). The molecular weight excluding hydrogens is 328 g/mol. The lowest BCUT2D eigenvalue weighted by Crippen LogP contribution is -2.18. The molecule has 4 heteroatoms. The molecule has 0 saturated carbocycles. The maximum Gasteiger partial charge on any atom is 0.120 e. The van der Waals surface area contributed by atoms with Gasteiger partial charge in [0.2, 0.25) is 0 Å². The van der Waals surface area contributed by atoms with E-state index in [0.29, 0.717) is 0 Å². The first-order chi connectivity index (χ1) is 10.0. The predicted molar refractivity (Wildman–Crippen MR) is 92.6 cm³/mol. The quantitative estimate of drug-likeness (QED) is 0.883. The smallest absolute Gasteiger partial charge is 0.120 e. The zero-order valence-electron chi connectivity index (χ0n) is 12.6. The topological polar surface area (TPSA) is 38.5 Å². The third kappa shape index (κ3) is 3.99. The van der Waals surface area contributed by atoms with E-state index in [2.05, 4.69) is 45.1 Å². The molecule has 1 unspecified atom stereocenters. The van der Waals surface area contributed by atoms with Crippen molar-refractivity contribution in [3.8, 4) is 5.75 Å². The molecule has 0 amide bonds. The van der Waals surface area contributed by atoms with Crippen molar-refractivity contribution in [2.75, 3.05) is 19.1 Å². The van der Waals surface area contributed by atoms with Crippen molar-refractivity contribution in [1.29, 1.82) is 0 Å². The summed E-state index contributed by atoms with van der Waals surface area (Å²) in [4.78, 5) is 2.13. The Balaban J connectivity index is 2.28. The first-order valence-corrected chi connectivity index (χ1v) is 7.72. The van der Waals surface area contributed by atoms with E-state index in [0.717, 1.165) is 28.0 Å². The number of anilines is 2. The average Bonchev–Trinajstić information content (AvgIpc) is 2.46. The SMILES string of the molecule is COc1cccc(N(C)c2ccc(CC(C)N)cc2Br)c1. The Morgan fingerprint density at radius 1 is 1.24 bits per heavy atom. The Labute approximate surface area is 134 Å². The first kappa shape index (κ1) is 15.9. The van der Waals surface area contributed by atoms with Crippen molar-refractivity contribution in [2.45, 2.75) is 19.4 Å². The number of hydrogen-bond acceptors (Lipinski definition) is 3. The van der Waals surface area contributed by atoms with Gasteiger partial charge in [0.1, 0.15) is 5.75 Å². The van der Waals surface area contributed by atoms with E-state index in [-0.39, 0.29) is 6.04 Å². The van der Waals surface area contributed by atoms with E-state index in [4.69, 9.17) is 10.5 Å². The molecule has 0 fully saturated rings. The molecule has 0 aliphatic rings. The normalized spacial score (nSPS) is 12.0. The highest BCUT2D eigenvalue weighted by atomic mass is 79.9. The maximum absolute atomic E-state index is 5.86. The van der Waals surface area contributed by atoms with Crippen molar-refractivity contribution in [2.24, 2.45) is 5.73 Å². The van der Waals surface area contributed by atoms with Gasteiger partial charge in [0.25, 0.3) is 0 Å². The average molecular weight is 349 g/mol. The predicted octanol–water partition coefficient (Wildman–Crippen LogP) is 4.12. The van der Waals surface area contributed by atoms with Crippen LogP contribution in [0, 0.1) is 0 Å². The van der Waals surface area contributed by atoms with Crippen molar-refractivity contribution in [3.05, 3.63) is 52.5 Å². The van der Waals surface area contributed by atoms with Gasteiger partial charge in [-0.3, -0.25) is 0 Å². The molecule has 3 nitrogen and oxygen atoms in total. The molecule has 2 aromatic carbocycles. The van der Waals surface area contributed by atoms with Crippen LogP contribution in [0.25, 0.3) is 0 Å². The monoisotopic (exact) mass is 348 g/mol. The third-order valence-electron chi connectivity index (χ3n) is 3.37. The molecule has 0 bridgehead atoms. The van der Waals surface area contributed by atoms with Crippen LogP contribution in [0.3, 0.4) is 0 Å². The Morgan fingerprint density at radius 2 is 2.00 bits per heavy atom. The van der Waals surface area contributed by atoms with Crippen molar-refractivity contribution < 1.29 is 4.74 Å². The molecule has 0 aromatic heterocycles. The highest BCUT2D eigenvalue weighted by Crippen LogP contribution is 2.33. The van der Waals surface area contributed by atoms with Gasteiger partial charge in [0.15, 0.2) is 0 Å². The number of ether oxygens (including phenoxy) is 1. The highest BCUT2D eigenvalue weighted by molar-refractivity contribution is 9.10. The summed E-state index contributed by atoms with van der Waals surface area (Å²) >= 11 is 3.66. The number of nitrogens with zero attached hydrogens (tertiary/aromatic N) is 1. The van der Waals surface area contributed by atoms with Crippen LogP contribution < -0.4 is 15.4 Å². The summed E-state index contributed by atoms with van der Waals surface area (Å²) in [5.74, 6) is 0.851. The molecule has 0 aliphatic carbocycles. The lowest BCUT2D eigenvalue weighted by atomic mass is 10.1. The molecule has 2 N–H and O–H groups in total. The van der Waals surface area contributed by atoms with Gasteiger partial charge in [-0.15, -0.1) is 0 Å². The minimum atomic E-state index is 0.166. The van der Waals surface area contributed by atoms with Gasteiger partial charge >= 0.3 is 0 Å². The van der Waals surface area contributed by atoms with E-state index in [1.54, 1.807) is 7.11 Å². The summed E-state index contributed by atoms with van der Waals surface area (Å²) in [5, 5.41) is 0. The van der Waals surface area contributed by atoms with Gasteiger partial charge < -0.3 is 15.4 Å². The Morgan fingerprint density at radius 3 is 2.62 bits per heavy atom. The maximum atomic E-state index is 5.86. The van der Waals surface area contributed by atoms with Crippen molar-refractivity contribution >= 4 is 27.3 Å². The second-order valence-electron chi connectivity index (χ2n) is 5.23. The molecule has 0 heterocycles. The van der Waals surface area contributed by atoms with Crippen LogP contribution in [0.15, 0.2) is 46.9 Å². The third-order valence-corrected chi connectivity index (χ3v) is 4.01. The molecular formula is C17H21BrN2O. The summed E-state index contributed by atoms with van der Waals surface area (Å²) < 4.78 is 6.34. The second-order valence-corrected chi connectivity index (χ2v) is 6.08. The van der Waals surface area contributed by atoms with Gasteiger partial charge in [-0.1, -0.05) is 12.1 Å². The summed E-state index contributed by atoms with van der Waals surface area (Å²) in [6.07, 6.45) is 0.877. The van der Waals surface area contributed by atoms with Gasteiger partial charge in [0.05, 0.1) is 12.8 Å². The van der Waals surface area contributed by atoms with Crippen molar-refractivity contribution in [3.63, 3.8) is 0 Å². The van der Waals surface area contributed by atoms with Gasteiger partial charge in [-0.05, 0) is 59.1 Å². The van der Waals surface area contributed by atoms with Gasteiger partial charge in [-0.2, -0.15) is 0 Å². The lowest BCUT2D eigenvalue weighted by molar-refractivity contribution is 0.415. The zero-order chi connectivity index (χ0) is 15.4. The van der Waals surface area contributed by atoms with E-state index >= 15 is 0 Å². The molecule has 2 aromatic rings. The van der Waals surface area contributed by atoms with Crippen LogP contribution in [0.2, 0.25) is 0 Å². The number of methoxy groups -OCH3 is 1. The first-order valence-electron chi connectivity index (χ1n) is 6.93. The van der Waals surface area contributed by atoms with Gasteiger partial charge in [-0.25, -0.2) is 0 Å². The molecule has 0 saturated heterocycles. The standard InChI is InChI=1S/C17H21BrN2O/c1-12(19)9-13-7-8-17(16(18)10-13)20(2)14-5-4-6-15(11-14)21-3/h4-8,10-12H,9,19H2,1-3H3. The molecule has 0 aliphatic heterocycles. The van der Waals surface area contributed by atoms with E-state index in [9.17, 15) is 0 Å². The second kappa shape index (κ2) is 6.96. The van der Waals surface area contributed by atoms with E-state index in [1.165, 1.54) is 5.56 Å². The fraction of sp³-hybridized carbons (Fsp3) is 0.294. The molecule has 0 radical (unpaired) electrons. The number of hydrogen-bond donors (Lipinski definition) is 1. The number of benzene rings is 2. The summed E-state index contributed by atoms with van der Waals surface area (Å²) in [6.45, 7) is 2.02. The Hall–Kier alpha value is -1.52. The lowest BCUT2D eigenvalue weighted by Gasteiger charge is -2.22. The molecule has 0 spiro atoms. The number of halogens is 1. The van der Waals surface area contributed by atoms with Gasteiger partial charge in [0, 0.05) is 29.3 Å². The Kier molecular flexibility index (Phi) is 5.26. The summed E-state index contributed by atoms with van der Waals surface area (Å²) in [6, 6.07) is 14.5. The largest absolute Gasteiger partial charge is 0.497 e. The van der Waals surface area contributed by atoms with E-state index < -0.39 is 0 Å². The molecule has 1 atom stereocenters. The van der Waals surface area contributed by atoms with Crippen LogP contribution in [0.4, 0.5) is 11.4 Å². The van der Waals surface area contributed by atoms with Crippen LogP contribution in [0.1, 0.15) is 12.5 Å². The minimum absolute atomic E-state index is 0.166. The molecule has 21 heavy (non-hydrogen) atoms. The number of rotatable bonds is 5. The van der Waals surface area contributed by atoms with E-state index in [1.807, 2.05) is 32.2 Å². The Bertz CT molecular complexity index is 613. The number of nitrogens with two attached hydrogens (primary N) is 1. The van der Waals surface area contributed by atoms with Crippen molar-refractivity contribution in [1.82, 2.24) is 0 Å². The summed E-state index contributed by atoms with van der Waals surface area (Å²) in [5.41, 5.74) is 9.28. The summed E-state index contributed by atoms with van der Waals surface area (Å²) in [7, 11) is 3.72.